The summed E-state index contributed by atoms with van der Waals surface area (Å²) < 4.78 is 25.5. The molecule has 3 atom stereocenters. The number of rotatable bonds is 9. The van der Waals surface area contributed by atoms with Gasteiger partial charge in [0.05, 0.1) is 17.8 Å². The number of halogens is 1. The Labute approximate surface area is 217 Å². The number of carboxylic acid groups (broad SMARTS) is 1. The number of thiophene rings is 1. The van der Waals surface area contributed by atoms with Crippen LogP contribution in [0.4, 0.5) is 10.1 Å². The molecule has 1 aromatic carbocycles. The van der Waals surface area contributed by atoms with E-state index in [9.17, 15) is 14.3 Å². The van der Waals surface area contributed by atoms with E-state index in [4.69, 9.17) is 9.47 Å². The van der Waals surface area contributed by atoms with Gasteiger partial charge in [0.1, 0.15) is 10.7 Å². The van der Waals surface area contributed by atoms with Crippen molar-refractivity contribution in [3.63, 3.8) is 0 Å². The monoisotopic (exact) mass is 515 g/mol. The molecule has 2 aromatic rings. The molecule has 2 heterocycles. The lowest BCUT2D eigenvalue weighted by atomic mass is 9.80. The van der Waals surface area contributed by atoms with Gasteiger partial charge in [-0.25, -0.2) is 9.18 Å². The van der Waals surface area contributed by atoms with Crippen LogP contribution in [-0.2, 0) is 9.47 Å². The lowest BCUT2D eigenvalue weighted by Crippen LogP contribution is -2.37. The fourth-order valence-corrected chi connectivity index (χ4v) is 7.40. The number of hydrogen-bond donors (Lipinski definition) is 1. The molecule has 36 heavy (non-hydrogen) atoms. The number of nitrogens with zero attached hydrogens (tertiary/aromatic N) is 1. The summed E-state index contributed by atoms with van der Waals surface area (Å²) in [5, 5.41) is 10.2. The lowest BCUT2D eigenvalue weighted by Gasteiger charge is -2.33. The molecule has 3 fully saturated rings. The summed E-state index contributed by atoms with van der Waals surface area (Å²) in [7, 11) is 0. The largest absolute Gasteiger partial charge is 0.477 e. The van der Waals surface area contributed by atoms with Crippen LogP contribution in [0.15, 0.2) is 30.3 Å². The molecule has 5 nitrogen and oxygen atoms in total. The fraction of sp³-hybridized carbons (Fsp3) is 0.621. The molecule has 3 aliphatic rings. The molecular weight excluding hydrogens is 477 g/mol. The molecule has 1 aliphatic heterocycles. The Morgan fingerprint density at radius 1 is 1.14 bits per heavy atom. The topological polar surface area (TPSA) is 59.0 Å². The second-order valence-corrected chi connectivity index (χ2v) is 11.9. The Balaban J connectivity index is 1.50. The number of ether oxygens (including phenoxy) is 2. The summed E-state index contributed by atoms with van der Waals surface area (Å²) in [5.74, 6) is 1.12. The van der Waals surface area contributed by atoms with E-state index in [-0.39, 0.29) is 18.0 Å². The number of benzene rings is 1. The maximum Gasteiger partial charge on any atom is 0.348 e. The van der Waals surface area contributed by atoms with Crippen LogP contribution < -0.4 is 4.90 Å². The van der Waals surface area contributed by atoms with Gasteiger partial charge < -0.3 is 19.5 Å². The van der Waals surface area contributed by atoms with Gasteiger partial charge in [0.25, 0.3) is 0 Å². The molecule has 0 amide bonds. The maximum absolute atomic E-state index is 13.6. The summed E-state index contributed by atoms with van der Waals surface area (Å²) in [6.45, 7) is 7.41. The van der Waals surface area contributed by atoms with Crippen molar-refractivity contribution < 1.29 is 23.8 Å². The van der Waals surface area contributed by atoms with E-state index >= 15 is 0 Å². The van der Waals surface area contributed by atoms with Gasteiger partial charge in [-0.2, -0.15) is 0 Å². The molecular formula is C29H38FNO4S. The van der Waals surface area contributed by atoms with E-state index in [0.717, 1.165) is 54.6 Å². The smallest absolute Gasteiger partial charge is 0.348 e. The summed E-state index contributed by atoms with van der Waals surface area (Å²) >= 11 is 1.28. The van der Waals surface area contributed by atoms with Gasteiger partial charge in [-0.15, -0.1) is 11.3 Å². The maximum atomic E-state index is 13.6. The first-order valence-electron chi connectivity index (χ1n) is 13.5. The minimum atomic E-state index is -0.906. The van der Waals surface area contributed by atoms with E-state index in [1.165, 1.54) is 49.2 Å². The highest BCUT2D eigenvalue weighted by atomic mass is 32.1. The third kappa shape index (κ3) is 5.48. The van der Waals surface area contributed by atoms with E-state index in [1.807, 2.05) is 6.07 Å². The summed E-state index contributed by atoms with van der Waals surface area (Å²) in [4.78, 5) is 16.1. The summed E-state index contributed by atoms with van der Waals surface area (Å²) in [6.07, 6.45) is 7.11. The minimum Gasteiger partial charge on any atom is -0.477 e. The molecule has 196 valence electrons. The highest BCUT2D eigenvalue weighted by molar-refractivity contribution is 7.18. The van der Waals surface area contributed by atoms with Crippen molar-refractivity contribution in [3.8, 4) is 10.4 Å². The van der Waals surface area contributed by atoms with Gasteiger partial charge in [-0.1, -0.05) is 31.9 Å². The molecule has 3 unspecified atom stereocenters. The quantitative estimate of drug-likeness (QED) is 0.402. The van der Waals surface area contributed by atoms with Crippen LogP contribution in [0.3, 0.4) is 0 Å². The average molecular weight is 516 g/mol. The van der Waals surface area contributed by atoms with E-state index in [2.05, 4.69) is 18.7 Å². The highest BCUT2D eigenvalue weighted by Gasteiger charge is 2.58. The van der Waals surface area contributed by atoms with E-state index in [0.29, 0.717) is 29.2 Å². The Morgan fingerprint density at radius 2 is 1.83 bits per heavy atom. The predicted molar refractivity (Wildman–Crippen MR) is 141 cm³/mol. The second-order valence-electron chi connectivity index (χ2n) is 10.9. The van der Waals surface area contributed by atoms with Gasteiger partial charge in [-0.3, -0.25) is 0 Å². The Kier molecular flexibility index (Phi) is 7.99. The van der Waals surface area contributed by atoms with Crippen molar-refractivity contribution in [1.29, 1.82) is 0 Å². The molecule has 5 rings (SSSR count). The minimum absolute atomic E-state index is 0.143. The Bertz CT molecular complexity index is 1030. The molecule has 0 spiro atoms. The zero-order chi connectivity index (χ0) is 25.2. The van der Waals surface area contributed by atoms with Crippen LogP contribution in [0, 0.1) is 29.5 Å². The van der Waals surface area contributed by atoms with Crippen molar-refractivity contribution in [2.24, 2.45) is 23.7 Å². The standard InChI is InChI=1S/C29H38FNO4S/c1-3-35-27-25(21-6-4-18(2)5-7-21)26(27)31(17-19-12-14-34-15-13-19)23-16-24(36-28(23)29(32)33)20-8-10-22(30)11-9-20/h8-11,16,18-19,21,25-27H,3-7,12-15,17H2,1-2H3,(H,32,33). The average Bonchev–Trinajstić information content (AvgIpc) is 3.39. The number of hydrogen-bond acceptors (Lipinski definition) is 5. The van der Waals surface area contributed by atoms with Gasteiger partial charge in [0.2, 0.25) is 0 Å². The van der Waals surface area contributed by atoms with Gasteiger partial charge in [0.15, 0.2) is 0 Å². The number of carbonyl (C=O) groups is 1. The van der Waals surface area contributed by atoms with Gasteiger partial charge in [0, 0.05) is 37.2 Å². The molecule has 7 heteroatoms. The third-order valence-corrected chi connectivity index (χ3v) is 9.60. The van der Waals surface area contributed by atoms with Crippen molar-refractivity contribution >= 4 is 23.0 Å². The van der Waals surface area contributed by atoms with Crippen LogP contribution in [0.2, 0.25) is 0 Å². The molecule has 2 saturated carbocycles. The van der Waals surface area contributed by atoms with E-state index < -0.39 is 5.97 Å². The zero-order valence-electron chi connectivity index (χ0n) is 21.3. The first-order valence-corrected chi connectivity index (χ1v) is 14.4. The molecule has 2 aliphatic carbocycles. The van der Waals surface area contributed by atoms with Crippen LogP contribution in [-0.4, -0.2) is 49.6 Å². The van der Waals surface area contributed by atoms with E-state index in [1.54, 1.807) is 12.1 Å². The zero-order valence-corrected chi connectivity index (χ0v) is 22.1. The Morgan fingerprint density at radius 3 is 2.47 bits per heavy atom. The van der Waals surface area contributed by atoms with Gasteiger partial charge in [-0.05, 0) is 74.1 Å². The predicted octanol–water partition coefficient (Wildman–Crippen LogP) is 6.72. The summed E-state index contributed by atoms with van der Waals surface area (Å²) in [5.41, 5.74) is 1.64. The van der Waals surface area contributed by atoms with Crippen molar-refractivity contribution in [2.75, 3.05) is 31.3 Å². The second kappa shape index (κ2) is 11.2. The van der Waals surface area contributed by atoms with Crippen molar-refractivity contribution in [3.05, 3.63) is 41.0 Å². The fourth-order valence-electron chi connectivity index (χ4n) is 6.39. The SMILES string of the molecule is CCOC1C(C2CCC(C)CC2)C1N(CC1CCOCC1)c1cc(-c2ccc(F)cc2)sc1C(=O)O. The molecule has 1 saturated heterocycles. The highest BCUT2D eigenvalue weighted by Crippen LogP contribution is 2.52. The van der Waals surface area contributed by atoms with Crippen LogP contribution in [0.1, 0.15) is 62.0 Å². The molecule has 1 N–H and O–H groups in total. The van der Waals surface area contributed by atoms with Crippen LogP contribution in [0.5, 0.6) is 0 Å². The van der Waals surface area contributed by atoms with Gasteiger partial charge >= 0.3 is 5.97 Å². The molecule has 1 aromatic heterocycles. The van der Waals surface area contributed by atoms with Crippen LogP contribution in [0.25, 0.3) is 10.4 Å². The van der Waals surface area contributed by atoms with Crippen molar-refractivity contribution in [1.82, 2.24) is 0 Å². The lowest BCUT2D eigenvalue weighted by molar-refractivity contribution is 0.0670. The Hall–Kier alpha value is -1.96. The van der Waals surface area contributed by atoms with Crippen molar-refractivity contribution in [2.45, 2.75) is 64.5 Å². The van der Waals surface area contributed by atoms with Crippen LogP contribution >= 0.6 is 11.3 Å². The number of aromatic carboxylic acids is 1. The first-order chi connectivity index (χ1) is 17.5. The number of carboxylic acids is 1. The first kappa shape index (κ1) is 25.7. The third-order valence-electron chi connectivity index (χ3n) is 8.43. The number of anilines is 1. The molecule has 0 radical (unpaired) electrons. The normalized spacial score (nSPS) is 28.7. The summed E-state index contributed by atoms with van der Waals surface area (Å²) in [6, 6.07) is 8.53. The molecule has 0 bridgehead atoms.